The molecule has 1 aromatic rings. The van der Waals surface area contributed by atoms with Gasteiger partial charge in [-0.25, -0.2) is 0 Å². The number of carbonyl (C=O) groups excluding carboxylic acids is 1. The van der Waals surface area contributed by atoms with E-state index in [9.17, 15) is 27.6 Å². The van der Waals surface area contributed by atoms with Crippen molar-refractivity contribution in [2.75, 3.05) is 0 Å². The van der Waals surface area contributed by atoms with Gasteiger partial charge < -0.3 is 15.4 Å². The van der Waals surface area contributed by atoms with Crippen molar-refractivity contribution in [2.24, 2.45) is 0 Å². The molecule has 1 heterocycles. The summed E-state index contributed by atoms with van der Waals surface area (Å²) in [5.74, 6) is -2.11. The molecule has 0 fully saturated rings. The van der Waals surface area contributed by atoms with Crippen molar-refractivity contribution >= 4 is 11.9 Å². The van der Waals surface area contributed by atoms with E-state index in [2.05, 4.69) is 5.32 Å². The van der Waals surface area contributed by atoms with Gasteiger partial charge in [-0.05, 0) is 26.0 Å². The van der Waals surface area contributed by atoms with E-state index in [-0.39, 0.29) is 0 Å². The molecule has 0 spiro atoms. The Bertz CT molecular complexity index is 620. The number of aromatic amines is 1. The van der Waals surface area contributed by atoms with E-state index >= 15 is 0 Å². The van der Waals surface area contributed by atoms with Crippen molar-refractivity contribution in [3.63, 3.8) is 0 Å². The third kappa shape index (κ3) is 4.62. The van der Waals surface area contributed by atoms with E-state index in [1.54, 1.807) is 4.98 Å². The molecule has 1 amide bonds. The van der Waals surface area contributed by atoms with Crippen LogP contribution in [-0.2, 0) is 11.0 Å². The van der Waals surface area contributed by atoms with Gasteiger partial charge >= 0.3 is 12.1 Å². The lowest BCUT2D eigenvalue weighted by Crippen LogP contribution is -2.46. The normalized spacial score (nSPS) is 12.0. The van der Waals surface area contributed by atoms with Crippen LogP contribution in [0.1, 0.15) is 36.3 Å². The van der Waals surface area contributed by atoms with Crippen molar-refractivity contribution in [1.82, 2.24) is 10.3 Å². The highest BCUT2D eigenvalue weighted by atomic mass is 19.4. The first kappa shape index (κ1) is 16.7. The molecule has 0 radical (unpaired) electrons. The summed E-state index contributed by atoms with van der Waals surface area (Å²) < 4.78 is 37.1. The van der Waals surface area contributed by atoms with Gasteiger partial charge in [-0.15, -0.1) is 0 Å². The monoisotopic (exact) mass is 306 g/mol. The summed E-state index contributed by atoms with van der Waals surface area (Å²) in [6, 6.07) is 1.31. The fourth-order valence-corrected chi connectivity index (χ4v) is 1.61. The lowest BCUT2D eigenvalue weighted by molar-refractivity contribution is -0.141. The van der Waals surface area contributed by atoms with E-state index in [4.69, 9.17) is 5.11 Å². The first-order valence-electron chi connectivity index (χ1n) is 5.77. The number of hydrogen-bond donors (Lipinski definition) is 3. The van der Waals surface area contributed by atoms with E-state index < -0.39 is 46.8 Å². The lowest BCUT2D eigenvalue weighted by Gasteiger charge is -2.24. The average molecular weight is 306 g/mol. The standard InChI is InChI=1S/C12H13F3N2O4/c1-11(2,5-8(18)19)17-10(21)6-3-4-7(12(13,14)15)16-9(6)20/h3-4H,5H2,1-2H3,(H,16,20)(H,17,21)(H,18,19). The molecule has 116 valence electrons. The highest BCUT2D eigenvalue weighted by molar-refractivity contribution is 5.94. The third-order valence-electron chi connectivity index (χ3n) is 2.50. The van der Waals surface area contributed by atoms with Crippen LogP contribution < -0.4 is 10.9 Å². The van der Waals surface area contributed by atoms with Gasteiger partial charge in [0.05, 0.1) is 6.42 Å². The van der Waals surface area contributed by atoms with Crippen LogP contribution in [0.5, 0.6) is 0 Å². The van der Waals surface area contributed by atoms with Crippen molar-refractivity contribution < 1.29 is 27.9 Å². The maximum absolute atomic E-state index is 12.4. The summed E-state index contributed by atoms with van der Waals surface area (Å²) in [6.45, 7) is 2.83. The van der Waals surface area contributed by atoms with Crippen LogP contribution in [-0.4, -0.2) is 27.5 Å². The van der Waals surface area contributed by atoms with Crippen molar-refractivity contribution in [2.45, 2.75) is 32.0 Å². The molecule has 0 aliphatic heterocycles. The van der Waals surface area contributed by atoms with Gasteiger partial charge in [0.1, 0.15) is 11.3 Å². The molecule has 1 aromatic heterocycles. The highest BCUT2D eigenvalue weighted by Gasteiger charge is 2.32. The number of alkyl halides is 3. The average Bonchev–Trinajstić information content (AvgIpc) is 2.24. The predicted molar refractivity (Wildman–Crippen MR) is 65.9 cm³/mol. The highest BCUT2D eigenvalue weighted by Crippen LogP contribution is 2.26. The zero-order valence-corrected chi connectivity index (χ0v) is 11.2. The van der Waals surface area contributed by atoms with Gasteiger partial charge in [-0.3, -0.25) is 14.4 Å². The van der Waals surface area contributed by atoms with Crippen LogP contribution in [0.4, 0.5) is 13.2 Å². The molecule has 3 N–H and O–H groups in total. The Morgan fingerprint density at radius 2 is 1.86 bits per heavy atom. The Hall–Kier alpha value is -2.32. The minimum atomic E-state index is -4.73. The minimum Gasteiger partial charge on any atom is -0.481 e. The smallest absolute Gasteiger partial charge is 0.431 e. The number of pyridine rings is 1. The van der Waals surface area contributed by atoms with Gasteiger partial charge in [0.15, 0.2) is 0 Å². The number of carbonyl (C=O) groups is 2. The number of aliphatic carboxylic acids is 1. The Labute approximate surface area is 117 Å². The van der Waals surface area contributed by atoms with E-state index in [1.807, 2.05) is 0 Å². The van der Waals surface area contributed by atoms with Crippen LogP contribution in [0.15, 0.2) is 16.9 Å². The summed E-state index contributed by atoms with van der Waals surface area (Å²) in [5, 5.41) is 11.0. The Balaban J connectivity index is 3.00. The fraction of sp³-hybridized carbons (Fsp3) is 0.417. The number of carboxylic acid groups (broad SMARTS) is 1. The Morgan fingerprint density at radius 3 is 2.29 bits per heavy atom. The number of nitrogens with one attached hydrogen (secondary N) is 2. The summed E-state index contributed by atoms with van der Waals surface area (Å²) in [4.78, 5) is 35.5. The lowest BCUT2D eigenvalue weighted by atomic mass is 10.0. The predicted octanol–water partition coefficient (Wildman–Crippen LogP) is 1.38. The molecule has 0 saturated carbocycles. The summed E-state index contributed by atoms with van der Waals surface area (Å²) in [7, 11) is 0. The van der Waals surface area contributed by atoms with Gasteiger partial charge in [-0.2, -0.15) is 13.2 Å². The molecule has 6 nitrogen and oxygen atoms in total. The zero-order chi connectivity index (χ0) is 16.4. The van der Waals surface area contributed by atoms with Gasteiger partial charge in [0.2, 0.25) is 0 Å². The summed E-state index contributed by atoms with van der Waals surface area (Å²) in [5.41, 5.74) is -4.15. The van der Waals surface area contributed by atoms with Crippen LogP contribution in [0, 0.1) is 0 Å². The molecule has 0 atom stereocenters. The first-order valence-corrected chi connectivity index (χ1v) is 5.77. The largest absolute Gasteiger partial charge is 0.481 e. The van der Waals surface area contributed by atoms with E-state index in [1.165, 1.54) is 13.8 Å². The molecule has 0 saturated heterocycles. The van der Waals surface area contributed by atoms with E-state index in [0.29, 0.717) is 6.07 Å². The number of halogens is 3. The van der Waals surface area contributed by atoms with Crippen molar-refractivity contribution in [3.05, 3.63) is 33.7 Å². The Morgan fingerprint density at radius 1 is 1.29 bits per heavy atom. The number of H-pyrrole nitrogens is 1. The van der Waals surface area contributed by atoms with Crippen molar-refractivity contribution in [3.8, 4) is 0 Å². The number of rotatable bonds is 4. The zero-order valence-electron chi connectivity index (χ0n) is 11.2. The maximum Gasteiger partial charge on any atom is 0.431 e. The molecule has 0 aliphatic carbocycles. The van der Waals surface area contributed by atoms with Gasteiger partial charge in [0, 0.05) is 5.54 Å². The maximum atomic E-state index is 12.4. The number of hydrogen-bond acceptors (Lipinski definition) is 3. The van der Waals surface area contributed by atoms with Crippen LogP contribution in [0.3, 0.4) is 0 Å². The SMILES string of the molecule is CC(C)(CC(=O)O)NC(=O)c1ccc(C(F)(F)F)[nH]c1=O. The van der Waals surface area contributed by atoms with Crippen molar-refractivity contribution in [1.29, 1.82) is 0 Å². The Kier molecular flexibility index (Phi) is 4.45. The van der Waals surface area contributed by atoms with Crippen LogP contribution in [0.2, 0.25) is 0 Å². The quantitative estimate of drug-likeness (QED) is 0.782. The molecule has 0 bridgehead atoms. The molecule has 0 unspecified atom stereocenters. The van der Waals surface area contributed by atoms with Gasteiger partial charge in [-0.1, -0.05) is 0 Å². The topological polar surface area (TPSA) is 99.3 Å². The second kappa shape index (κ2) is 5.58. The van der Waals surface area contributed by atoms with Crippen LogP contribution in [0.25, 0.3) is 0 Å². The first-order chi connectivity index (χ1) is 9.42. The molecule has 9 heteroatoms. The molecule has 1 rings (SSSR count). The van der Waals surface area contributed by atoms with Crippen LogP contribution >= 0.6 is 0 Å². The third-order valence-corrected chi connectivity index (χ3v) is 2.50. The molecular formula is C12H13F3N2O4. The molecule has 21 heavy (non-hydrogen) atoms. The molecular weight excluding hydrogens is 293 g/mol. The molecule has 0 aliphatic rings. The second-order valence-corrected chi connectivity index (χ2v) is 5.02. The van der Waals surface area contributed by atoms with Gasteiger partial charge in [0.25, 0.3) is 11.5 Å². The minimum absolute atomic E-state index is 0.405. The fourth-order valence-electron chi connectivity index (χ4n) is 1.61. The summed E-state index contributed by atoms with van der Waals surface area (Å²) >= 11 is 0. The number of carboxylic acids is 1. The van der Waals surface area contributed by atoms with E-state index in [0.717, 1.165) is 6.07 Å². The number of amides is 1. The molecule has 0 aromatic carbocycles. The number of aromatic nitrogens is 1. The summed E-state index contributed by atoms with van der Waals surface area (Å²) in [6.07, 6.45) is -5.13. The second-order valence-electron chi connectivity index (χ2n) is 5.02.